The van der Waals surface area contributed by atoms with Gasteiger partial charge in [-0.1, -0.05) is 6.07 Å². The zero-order valence-electron chi connectivity index (χ0n) is 11.2. The number of hydrogen-bond acceptors (Lipinski definition) is 4. The molecule has 6 heteroatoms. The average molecular weight is 288 g/mol. The summed E-state index contributed by atoms with van der Waals surface area (Å²) in [5, 5.41) is 10.1. The molecule has 0 amide bonds. The highest BCUT2D eigenvalue weighted by atomic mass is 32.1. The lowest BCUT2D eigenvalue weighted by Crippen LogP contribution is -2.23. The van der Waals surface area contributed by atoms with Crippen LogP contribution in [0.4, 0.5) is 0 Å². The summed E-state index contributed by atoms with van der Waals surface area (Å²) in [5.74, 6) is 1.32. The maximum Gasteiger partial charge on any atom is 0.211 e. The fourth-order valence-corrected chi connectivity index (χ4v) is 3.43. The lowest BCUT2D eigenvalue weighted by Gasteiger charge is -2.21. The van der Waals surface area contributed by atoms with Crippen molar-refractivity contribution >= 4 is 23.0 Å². The molecule has 1 aliphatic rings. The van der Waals surface area contributed by atoms with Crippen LogP contribution in [-0.2, 0) is 6.42 Å². The highest BCUT2D eigenvalue weighted by Gasteiger charge is 2.29. The van der Waals surface area contributed by atoms with Gasteiger partial charge in [0.25, 0.3) is 0 Å². The van der Waals surface area contributed by atoms with Gasteiger partial charge in [-0.15, -0.1) is 16.4 Å². The predicted molar refractivity (Wildman–Crippen MR) is 81.2 cm³/mol. The van der Waals surface area contributed by atoms with Crippen LogP contribution in [0, 0.1) is 6.92 Å². The molecule has 1 unspecified atom stereocenters. The second-order valence-electron chi connectivity index (χ2n) is 4.91. The van der Waals surface area contributed by atoms with Crippen LogP contribution in [0.1, 0.15) is 34.1 Å². The number of furan rings is 1. The van der Waals surface area contributed by atoms with E-state index in [4.69, 9.17) is 15.9 Å². The quantitative estimate of drug-likeness (QED) is 0.505. The van der Waals surface area contributed by atoms with Crippen molar-refractivity contribution in [2.75, 3.05) is 0 Å². The first-order valence-electron chi connectivity index (χ1n) is 6.41. The zero-order chi connectivity index (χ0) is 14.1. The van der Waals surface area contributed by atoms with Gasteiger partial charge >= 0.3 is 0 Å². The van der Waals surface area contributed by atoms with Gasteiger partial charge in [-0.05, 0) is 23.9 Å². The van der Waals surface area contributed by atoms with E-state index in [1.807, 2.05) is 6.92 Å². The second-order valence-corrected chi connectivity index (χ2v) is 5.89. The number of nitrogens with zero attached hydrogens (tertiary/aromatic N) is 2. The Morgan fingerprint density at radius 2 is 2.25 bits per heavy atom. The predicted octanol–water partition coefficient (Wildman–Crippen LogP) is 2.36. The van der Waals surface area contributed by atoms with Gasteiger partial charge in [-0.2, -0.15) is 5.10 Å². The van der Waals surface area contributed by atoms with Gasteiger partial charge in [0.2, 0.25) is 5.96 Å². The van der Waals surface area contributed by atoms with Crippen molar-refractivity contribution in [1.82, 2.24) is 0 Å². The van der Waals surface area contributed by atoms with Crippen molar-refractivity contribution in [2.24, 2.45) is 21.7 Å². The summed E-state index contributed by atoms with van der Waals surface area (Å²) in [6, 6.07) is 4.21. The van der Waals surface area contributed by atoms with Crippen LogP contribution in [-0.4, -0.2) is 11.7 Å². The minimum Gasteiger partial charge on any atom is -0.468 e. The molecule has 3 rings (SSSR count). The van der Waals surface area contributed by atoms with Crippen LogP contribution >= 0.6 is 11.3 Å². The van der Waals surface area contributed by atoms with E-state index in [2.05, 4.69) is 27.7 Å². The molecule has 5 nitrogen and oxygen atoms in total. The number of hydrogen-bond donors (Lipinski definition) is 2. The molecule has 2 heterocycles. The van der Waals surface area contributed by atoms with Crippen LogP contribution in [0.2, 0.25) is 0 Å². The summed E-state index contributed by atoms with van der Waals surface area (Å²) in [6.45, 7) is 2.01. The van der Waals surface area contributed by atoms with Crippen LogP contribution in [0.25, 0.3) is 0 Å². The normalized spacial score (nSPS) is 19.9. The molecular formula is C14H16N4OS. The van der Waals surface area contributed by atoms with Gasteiger partial charge in [0, 0.05) is 29.2 Å². The smallest absolute Gasteiger partial charge is 0.211 e. The van der Waals surface area contributed by atoms with Gasteiger partial charge in [-0.3, -0.25) is 0 Å². The van der Waals surface area contributed by atoms with E-state index in [-0.39, 0.29) is 5.96 Å². The molecule has 0 spiro atoms. The molecule has 1 atom stereocenters. The minimum atomic E-state index is -0.0292. The first-order valence-corrected chi connectivity index (χ1v) is 7.29. The summed E-state index contributed by atoms with van der Waals surface area (Å²) in [7, 11) is 0. The molecule has 1 aliphatic carbocycles. The number of fused-ring (bicyclic) bond motifs is 1. The third-order valence-corrected chi connectivity index (χ3v) is 4.48. The van der Waals surface area contributed by atoms with Gasteiger partial charge in [0.1, 0.15) is 5.76 Å². The number of thiophene rings is 1. The van der Waals surface area contributed by atoms with Gasteiger partial charge in [0.05, 0.1) is 12.0 Å². The van der Waals surface area contributed by atoms with E-state index in [0.29, 0.717) is 5.92 Å². The zero-order valence-corrected chi connectivity index (χ0v) is 12.0. The first kappa shape index (κ1) is 12.9. The molecule has 0 radical (unpaired) electrons. The molecule has 0 saturated carbocycles. The third-order valence-electron chi connectivity index (χ3n) is 3.44. The van der Waals surface area contributed by atoms with Crippen molar-refractivity contribution < 1.29 is 4.42 Å². The topological polar surface area (TPSA) is 89.9 Å². The molecule has 0 saturated heterocycles. The highest BCUT2D eigenvalue weighted by Crippen LogP contribution is 2.37. The SMILES string of the molecule is Cc1coc2c1C(=NN=C(N)N)CC(c1cccs1)C2. The Morgan fingerprint density at radius 1 is 1.40 bits per heavy atom. The fourth-order valence-electron chi connectivity index (χ4n) is 2.60. The van der Waals surface area contributed by atoms with Crippen LogP contribution in [0.15, 0.2) is 38.4 Å². The second kappa shape index (κ2) is 5.13. The molecule has 0 aliphatic heterocycles. The number of nitrogens with two attached hydrogens (primary N) is 2. The maximum absolute atomic E-state index is 5.66. The summed E-state index contributed by atoms with van der Waals surface area (Å²) in [5.41, 5.74) is 13.8. The Bertz CT molecular complexity index is 665. The Hall–Kier alpha value is -2.08. The summed E-state index contributed by atoms with van der Waals surface area (Å²) >= 11 is 1.76. The van der Waals surface area contributed by atoms with Crippen molar-refractivity contribution in [3.05, 3.63) is 45.5 Å². The molecule has 20 heavy (non-hydrogen) atoms. The van der Waals surface area contributed by atoms with Crippen molar-refractivity contribution in [3.8, 4) is 0 Å². The molecule has 4 N–H and O–H groups in total. The molecule has 2 aromatic rings. The molecule has 0 aromatic carbocycles. The number of rotatable bonds is 2. The Morgan fingerprint density at radius 3 is 2.95 bits per heavy atom. The highest BCUT2D eigenvalue weighted by molar-refractivity contribution is 7.10. The van der Waals surface area contributed by atoms with Gasteiger partial charge in [-0.25, -0.2) is 0 Å². The van der Waals surface area contributed by atoms with Crippen molar-refractivity contribution in [2.45, 2.75) is 25.7 Å². The van der Waals surface area contributed by atoms with Crippen LogP contribution < -0.4 is 11.5 Å². The van der Waals surface area contributed by atoms with E-state index in [0.717, 1.165) is 35.4 Å². The number of aryl methyl sites for hydroxylation is 1. The molecule has 104 valence electrons. The van der Waals surface area contributed by atoms with Gasteiger partial charge in [0.15, 0.2) is 0 Å². The summed E-state index contributed by atoms with van der Waals surface area (Å²) in [4.78, 5) is 1.34. The van der Waals surface area contributed by atoms with E-state index in [1.165, 1.54) is 4.88 Å². The molecule has 2 aromatic heterocycles. The standard InChI is InChI=1S/C14H16N4OS/c1-8-7-19-11-6-9(12-3-2-4-20-12)5-10(13(8)11)17-18-14(15)16/h2-4,7,9H,5-6H2,1H3,(H4,15,16,18). The minimum absolute atomic E-state index is 0.0292. The number of guanidine groups is 1. The van der Waals surface area contributed by atoms with Crippen molar-refractivity contribution in [3.63, 3.8) is 0 Å². The van der Waals surface area contributed by atoms with Crippen molar-refractivity contribution in [1.29, 1.82) is 0 Å². The van der Waals surface area contributed by atoms with Crippen LogP contribution in [0.5, 0.6) is 0 Å². The Kier molecular flexibility index (Phi) is 3.31. The average Bonchev–Trinajstić information content (AvgIpc) is 3.06. The molecule has 0 fully saturated rings. The fraction of sp³-hybridized carbons (Fsp3) is 0.286. The van der Waals surface area contributed by atoms with Crippen LogP contribution in [0.3, 0.4) is 0 Å². The van der Waals surface area contributed by atoms with E-state index in [9.17, 15) is 0 Å². The summed E-state index contributed by atoms with van der Waals surface area (Å²) in [6.07, 6.45) is 3.49. The lowest BCUT2D eigenvalue weighted by molar-refractivity contribution is 0.482. The van der Waals surface area contributed by atoms with E-state index in [1.54, 1.807) is 17.6 Å². The summed E-state index contributed by atoms with van der Waals surface area (Å²) < 4.78 is 5.66. The molecular weight excluding hydrogens is 272 g/mol. The first-order chi connectivity index (χ1) is 9.65. The Labute approximate surface area is 121 Å². The Balaban J connectivity index is 2.02. The van der Waals surface area contributed by atoms with E-state index >= 15 is 0 Å². The lowest BCUT2D eigenvalue weighted by atomic mass is 9.84. The third kappa shape index (κ3) is 2.34. The maximum atomic E-state index is 5.66. The monoisotopic (exact) mass is 288 g/mol. The molecule has 0 bridgehead atoms. The largest absolute Gasteiger partial charge is 0.468 e. The van der Waals surface area contributed by atoms with Gasteiger partial charge < -0.3 is 15.9 Å². The van der Waals surface area contributed by atoms with E-state index < -0.39 is 0 Å².